The maximum absolute atomic E-state index is 13.8. The van der Waals surface area contributed by atoms with Gasteiger partial charge < -0.3 is 29.9 Å². The van der Waals surface area contributed by atoms with Crippen molar-refractivity contribution in [3.63, 3.8) is 0 Å². The number of rotatable bonds is 0. The van der Waals surface area contributed by atoms with Crippen LogP contribution in [0.3, 0.4) is 0 Å². The SMILES string of the molecule is Cc1cc2ccc1CCS(=O)(=O)N1CCC3(CC1)N=C(NC3=O)c1cc(cc(C(F)(F)F)c1)OCCC=CCCCN(C)C2=O.Cc1cc2ccc1CCS(=O)(=O)N1CCC3(CC1)N=C(NC3=O)c1cc(cc(C(F)(F)F)c1)OCCCCCCCN(C)C2=O. The molecule has 90 heavy (non-hydrogen) atoms. The molecule has 18 nitrogen and oxygen atoms in total. The summed E-state index contributed by atoms with van der Waals surface area (Å²) in [7, 11) is -3.86. The molecule has 4 amide bonds. The number of aryl methyl sites for hydroxylation is 4. The quantitative estimate of drug-likeness (QED) is 0.126. The fourth-order valence-electron chi connectivity index (χ4n) is 11.9. The van der Waals surface area contributed by atoms with E-state index < -0.39 is 66.4 Å². The largest absolute Gasteiger partial charge is 0.494 e. The van der Waals surface area contributed by atoms with Crippen LogP contribution in [0.5, 0.6) is 11.5 Å². The minimum atomic E-state index is -4.65. The van der Waals surface area contributed by atoms with Gasteiger partial charge in [0.15, 0.2) is 0 Å². The Bertz CT molecular complexity index is 3690. The number of alkyl halides is 6. The van der Waals surface area contributed by atoms with E-state index in [1.807, 2.05) is 32.1 Å². The first-order valence-electron chi connectivity index (χ1n) is 30.4. The maximum Gasteiger partial charge on any atom is 0.416 e. The highest BCUT2D eigenvalue weighted by Crippen LogP contribution is 2.39. The molecular formula is C64H76F6N8O10S2. The Balaban J connectivity index is 0.000000213. The van der Waals surface area contributed by atoms with Crippen LogP contribution in [-0.2, 0) is 54.8 Å². The molecule has 10 heterocycles. The van der Waals surface area contributed by atoms with Gasteiger partial charge in [0.25, 0.3) is 23.6 Å². The number of halogens is 6. The third-order valence-corrected chi connectivity index (χ3v) is 21.2. The van der Waals surface area contributed by atoms with Crippen molar-refractivity contribution >= 4 is 55.3 Å². The molecule has 4 aromatic rings. The zero-order chi connectivity index (χ0) is 64.8. The van der Waals surface area contributed by atoms with Crippen molar-refractivity contribution < 1.29 is 71.8 Å². The summed E-state index contributed by atoms with van der Waals surface area (Å²) in [5.74, 6) is -1.36. The smallest absolute Gasteiger partial charge is 0.416 e. The Morgan fingerprint density at radius 3 is 1.34 bits per heavy atom. The fourth-order valence-corrected chi connectivity index (χ4v) is 14.9. The van der Waals surface area contributed by atoms with Gasteiger partial charge in [0.05, 0.1) is 35.8 Å². The number of sulfonamides is 2. The maximum atomic E-state index is 13.8. The number of carbonyl (C=O) groups excluding carboxylic acids is 4. The second-order valence-electron chi connectivity index (χ2n) is 23.9. The molecule has 10 aliphatic heterocycles. The molecular weight excluding hydrogens is 1220 g/mol. The lowest BCUT2D eigenvalue weighted by Crippen LogP contribution is -2.50. The molecule has 2 spiro atoms. The number of fused-ring (bicyclic) bond motifs is 4. The van der Waals surface area contributed by atoms with E-state index >= 15 is 0 Å². The van der Waals surface area contributed by atoms with Gasteiger partial charge in [-0.1, -0.05) is 43.5 Å². The average Bonchev–Trinajstić information content (AvgIpc) is 1.84. The molecule has 0 saturated carbocycles. The number of hydrogen-bond acceptors (Lipinski definition) is 12. The Hall–Kier alpha value is -7.16. The summed E-state index contributed by atoms with van der Waals surface area (Å²) in [6.07, 6.45) is 1.42. The first kappa shape index (κ1) is 67.2. The summed E-state index contributed by atoms with van der Waals surface area (Å²) in [6.45, 7) is 5.41. The zero-order valence-corrected chi connectivity index (χ0v) is 52.5. The number of ether oxygens (including phenoxy) is 2. The number of nitrogens with one attached hydrogen (secondary N) is 2. The summed E-state index contributed by atoms with van der Waals surface area (Å²) in [4.78, 5) is 64.6. The van der Waals surface area contributed by atoms with Crippen molar-refractivity contribution in [2.75, 3.05) is 78.1 Å². The molecule has 0 aromatic heterocycles. The van der Waals surface area contributed by atoms with Gasteiger partial charge in [0.1, 0.15) is 34.2 Å². The van der Waals surface area contributed by atoms with Crippen LogP contribution in [-0.4, -0.2) is 160 Å². The number of benzene rings is 4. The molecule has 10 aliphatic rings. The fraction of sp³-hybridized carbons (Fsp3) is 0.500. The van der Waals surface area contributed by atoms with Crippen LogP contribution < -0.4 is 20.1 Å². The molecule has 486 valence electrons. The van der Waals surface area contributed by atoms with Crippen molar-refractivity contribution in [1.29, 1.82) is 0 Å². The summed E-state index contributed by atoms with van der Waals surface area (Å²) < 4.78 is 150. The standard InChI is InChI=1S/C32H39F3N4O5S.C32H37F3N4O5S/c2*1-22-18-24-9-8-23(22)10-17-45(42,43)39-14-11-31(12-15-39)30(41)36-28(37-31)25-19-26(32(33,34)35)21-27(20-25)44-16-7-5-3-4-6-13-38(2)29(24)40/h8-9,18-21H,3-7,10-17H2,1-2H3,(H,36,37,41);3,5,8-9,18-21H,4,6-7,10-17H2,1-2H3,(H,36,37,41). The molecule has 2 saturated heterocycles. The van der Waals surface area contributed by atoms with Gasteiger partial charge in [0, 0.05) is 75.6 Å². The predicted molar refractivity (Wildman–Crippen MR) is 328 cm³/mol. The van der Waals surface area contributed by atoms with Gasteiger partial charge in [-0.05, 0) is 167 Å². The highest BCUT2D eigenvalue weighted by atomic mass is 32.2. The van der Waals surface area contributed by atoms with Crippen molar-refractivity contribution in [3.8, 4) is 11.5 Å². The molecule has 4 aromatic carbocycles. The van der Waals surface area contributed by atoms with E-state index in [1.54, 1.807) is 54.2 Å². The van der Waals surface area contributed by atoms with E-state index in [0.29, 0.717) is 43.5 Å². The highest BCUT2D eigenvalue weighted by molar-refractivity contribution is 7.89. The van der Waals surface area contributed by atoms with E-state index in [9.17, 15) is 62.4 Å². The number of amides is 4. The third kappa shape index (κ3) is 16.1. The molecule has 14 bridgehead atoms. The predicted octanol–water partition coefficient (Wildman–Crippen LogP) is 9.20. The van der Waals surface area contributed by atoms with E-state index in [1.165, 1.54) is 20.7 Å². The summed E-state index contributed by atoms with van der Waals surface area (Å²) in [5.41, 5.74) is 0.201. The van der Waals surface area contributed by atoms with Crippen molar-refractivity contribution in [1.82, 2.24) is 29.0 Å². The van der Waals surface area contributed by atoms with Crippen LogP contribution in [0.15, 0.2) is 94.9 Å². The van der Waals surface area contributed by atoms with Crippen LogP contribution in [0.4, 0.5) is 26.3 Å². The van der Waals surface area contributed by atoms with Gasteiger partial charge in [-0.3, -0.25) is 29.2 Å². The van der Waals surface area contributed by atoms with E-state index in [-0.39, 0.29) is 136 Å². The lowest BCUT2D eigenvalue weighted by atomic mass is 9.89. The van der Waals surface area contributed by atoms with Crippen LogP contribution in [0, 0.1) is 13.8 Å². The first-order valence-corrected chi connectivity index (χ1v) is 33.6. The average molecular weight is 1300 g/mol. The number of amidine groups is 2. The van der Waals surface area contributed by atoms with E-state index in [4.69, 9.17) is 9.47 Å². The number of aliphatic imine (C=N–C) groups is 2. The summed E-state index contributed by atoms with van der Waals surface area (Å²) >= 11 is 0. The second kappa shape index (κ2) is 27.7. The lowest BCUT2D eigenvalue weighted by molar-refractivity contribution is -0.138. The highest BCUT2D eigenvalue weighted by Gasteiger charge is 2.49. The Labute approximate surface area is 521 Å². The summed E-state index contributed by atoms with van der Waals surface area (Å²) in [5, 5.41) is 5.28. The number of piperidine rings is 2. The lowest BCUT2D eigenvalue weighted by Gasteiger charge is -2.34. The van der Waals surface area contributed by atoms with Crippen LogP contribution >= 0.6 is 0 Å². The Kier molecular flexibility index (Phi) is 20.7. The minimum absolute atomic E-state index is 0.00313. The zero-order valence-electron chi connectivity index (χ0n) is 50.9. The van der Waals surface area contributed by atoms with Gasteiger partial charge >= 0.3 is 12.4 Å². The van der Waals surface area contributed by atoms with Crippen molar-refractivity contribution in [3.05, 3.63) is 141 Å². The number of hydrogen-bond donors (Lipinski definition) is 2. The second-order valence-corrected chi connectivity index (χ2v) is 28.1. The van der Waals surface area contributed by atoms with Crippen molar-refractivity contribution in [2.45, 2.75) is 127 Å². The van der Waals surface area contributed by atoms with Gasteiger partial charge in [-0.25, -0.2) is 25.4 Å². The monoisotopic (exact) mass is 1290 g/mol. The van der Waals surface area contributed by atoms with Gasteiger partial charge in [-0.2, -0.15) is 26.3 Å². The molecule has 0 aliphatic carbocycles. The molecule has 2 N–H and O–H groups in total. The minimum Gasteiger partial charge on any atom is -0.494 e. The number of allylic oxidation sites excluding steroid dienone is 1. The molecule has 0 unspecified atom stereocenters. The van der Waals surface area contributed by atoms with E-state index in [2.05, 4.69) is 20.6 Å². The van der Waals surface area contributed by atoms with Crippen LogP contribution in [0.25, 0.3) is 0 Å². The Morgan fingerprint density at radius 1 is 0.489 bits per heavy atom. The number of carbonyl (C=O) groups is 4. The van der Waals surface area contributed by atoms with Crippen LogP contribution in [0.1, 0.15) is 142 Å². The molecule has 14 rings (SSSR count). The van der Waals surface area contributed by atoms with Crippen LogP contribution in [0.2, 0.25) is 0 Å². The normalized spacial score (nSPS) is 24.9. The molecule has 0 atom stereocenters. The first-order chi connectivity index (χ1) is 42.5. The van der Waals surface area contributed by atoms with E-state index in [0.717, 1.165) is 78.6 Å². The molecule has 26 heteroatoms. The van der Waals surface area contributed by atoms with Crippen molar-refractivity contribution in [2.24, 2.45) is 9.98 Å². The molecule has 2 fully saturated rings. The summed E-state index contributed by atoms with van der Waals surface area (Å²) in [6, 6.07) is 17.2. The Morgan fingerprint density at radius 2 is 0.900 bits per heavy atom. The topological polar surface area (TPSA) is 217 Å². The third-order valence-electron chi connectivity index (χ3n) is 17.5. The van der Waals surface area contributed by atoms with Gasteiger partial charge in [0.2, 0.25) is 20.0 Å². The molecule has 0 radical (unpaired) electrons. The number of nitrogens with zero attached hydrogens (tertiary/aromatic N) is 6. The van der Waals surface area contributed by atoms with Gasteiger partial charge in [-0.15, -0.1) is 0 Å².